The molecule has 10 heteroatoms. The minimum atomic E-state index is -0.216. The molecule has 0 bridgehead atoms. The normalized spacial score (nSPS) is 10.8. The van der Waals surface area contributed by atoms with Crippen LogP contribution < -0.4 is 37.8 Å². The number of nitrogens with two attached hydrogens (primary N) is 3. The van der Waals surface area contributed by atoms with Crippen LogP contribution in [0.25, 0.3) is 10.9 Å². The summed E-state index contributed by atoms with van der Waals surface area (Å²) >= 11 is 0. The lowest BCUT2D eigenvalue weighted by atomic mass is 10.1. The van der Waals surface area contributed by atoms with Gasteiger partial charge < -0.3 is 27.8 Å². The van der Waals surface area contributed by atoms with Crippen LogP contribution in [0.1, 0.15) is 10.4 Å². The highest BCUT2D eigenvalue weighted by Gasteiger charge is 2.11. The first-order chi connectivity index (χ1) is 16.9. The van der Waals surface area contributed by atoms with Gasteiger partial charge in [0.1, 0.15) is 13.4 Å². The molecule has 0 aliphatic rings. The van der Waals surface area contributed by atoms with Gasteiger partial charge in [-0.25, -0.2) is 9.56 Å². The number of aliphatic imine (C=N–C) groups is 1. The van der Waals surface area contributed by atoms with E-state index in [4.69, 9.17) is 17.2 Å². The van der Waals surface area contributed by atoms with Crippen molar-refractivity contribution in [3.05, 3.63) is 84.6 Å². The topological polar surface area (TPSA) is 160 Å². The van der Waals surface area contributed by atoms with Gasteiger partial charge >= 0.3 is 0 Å². The van der Waals surface area contributed by atoms with Crippen molar-refractivity contribution in [1.82, 2.24) is 5.43 Å². The Morgan fingerprint density at radius 2 is 1.66 bits per heavy atom. The zero-order chi connectivity index (χ0) is 24.8. The molecule has 1 heterocycles. The lowest BCUT2D eigenvalue weighted by Crippen LogP contribution is -2.28. The van der Waals surface area contributed by atoms with E-state index < -0.39 is 0 Å². The fraction of sp³-hybridized carbons (Fsp3) is 0.0400. The molecule has 0 aliphatic heterocycles. The van der Waals surface area contributed by atoms with Gasteiger partial charge in [-0.2, -0.15) is 0 Å². The molecule has 0 aliphatic carbocycles. The molecule has 0 fully saturated rings. The first kappa shape index (κ1) is 23.1. The van der Waals surface area contributed by atoms with Crippen molar-refractivity contribution in [1.29, 1.82) is 0 Å². The molecular formula is C25H26N9O+. The molecule has 3 aromatic carbocycles. The fourth-order valence-corrected chi connectivity index (χ4v) is 3.44. The maximum atomic E-state index is 12.7. The van der Waals surface area contributed by atoms with Crippen LogP contribution in [0.2, 0.25) is 0 Å². The standard InChI is InChI=1S/C25H25N9O/c1-34-13-12-22(21-14-17(26)4-11-23(21)34)31-19-5-2-16(3-6-19)24(35)32-20-9-7-18(8-10-20)29-15-30-33-25(27)28/h2-15H,26H2,1H3,(H6,27,28,29,30,32,33,35)/p+1. The third-order valence-corrected chi connectivity index (χ3v) is 5.17. The van der Waals surface area contributed by atoms with Gasteiger partial charge in [0.05, 0.1) is 16.8 Å². The molecule has 0 unspecified atom stereocenters. The Labute approximate surface area is 202 Å². The number of carbonyl (C=O) groups excluding carboxylic acids is 1. The highest BCUT2D eigenvalue weighted by molar-refractivity contribution is 6.04. The number of anilines is 4. The summed E-state index contributed by atoms with van der Waals surface area (Å²) in [5.74, 6) is -0.307. The van der Waals surface area contributed by atoms with Crippen molar-refractivity contribution in [2.75, 3.05) is 16.4 Å². The molecule has 4 rings (SSSR count). The van der Waals surface area contributed by atoms with Gasteiger partial charge in [0.25, 0.3) is 5.91 Å². The summed E-state index contributed by atoms with van der Waals surface area (Å²) in [6.07, 6.45) is 3.34. The number of benzene rings is 3. The van der Waals surface area contributed by atoms with Crippen molar-refractivity contribution >= 4 is 57.5 Å². The van der Waals surface area contributed by atoms with Gasteiger partial charge in [0.2, 0.25) is 11.5 Å². The number of pyridine rings is 1. The first-order valence-electron chi connectivity index (χ1n) is 10.7. The Kier molecular flexibility index (Phi) is 6.73. The fourth-order valence-electron chi connectivity index (χ4n) is 3.44. The Hall–Kier alpha value is -5.12. The maximum Gasteiger partial charge on any atom is 0.255 e. The largest absolute Gasteiger partial charge is 0.399 e. The molecule has 0 saturated heterocycles. The van der Waals surface area contributed by atoms with E-state index >= 15 is 0 Å². The second-order valence-electron chi connectivity index (χ2n) is 7.74. The van der Waals surface area contributed by atoms with Crippen LogP contribution in [0.15, 0.2) is 89.1 Å². The highest BCUT2D eigenvalue weighted by atomic mass is 16.1. The van der Waals surface area contributed by atoms with Crippen molar-refractivity contribution in [3.8, 4) is 0 Å². The molecule has 176 valence electrons. The molecule has 1 amide bonds. The number of carbonyl (C=O) groups is 1. The zero-order valence-electron chi connectivity index (χ0n) is 19.1. The average Bonchev–Trinajstić information content (AvgIpc) is 2.85. The SMILES string of the molecule is C[n+]1ccc(Nc2ccc(C(=O)Nc3ccc(N=CNN=C(N)N)cc3)cc2)c2cc(N)ccc21. The van der Waals surface area contributed by atoms with E-state index in [2.05, 4.69) is 26.2 Å². The predicted molar refractivity (Wildman–Crippen MR) is 141 cm³/mol. The smallest absolute Gasteiger partial charge is 0.255 e. The van der Waals surface area contributed by atoms with E-state index in [0.717, 1.165) is 22.3 Å². The second kappa shape index (κ2) is 10.2. The number of hydrogen-bond donors (Lipinski definition) is 6. The lowest BCUT2D eigenvalue weighted by Gasteiger charge is -2.10. The minimum Gasteiger partial charge on any atom is -0.399 e. The number of nitrogens with one attached hydrogen (secondary N) is 3. The Morgan fingerprint density at radius 1 is 0.943 bits per heavy atom. The molecule has 9 N–H and O–H groups in total. The van der Waals surface area contributed by atoms with Gasteiger partial charge in [0, 0.05) is 34.8 Å². The van der Waals surface area contributed by atoms with Gasteiger partial charge in [-0.1, -0.05) is 0 Å². The van der Waals surface area contributed by atoms with Crippen LogP contribution >= 0.6 is 0 Å². The van der Waals surface area contributed by atoms with E-state index in [9.17, 15) is 4.79 Å². The Morgan fingerprint density at radius 3 is 2.37 bits per heavy atom. The summed E-state index contributed by atoms with van der Waals surface area (Å²) in [6, 6.07) is 22.1. The maximum absolute atomic E-state index is 12.7. The number of hydrazone groups is 1. The van der Waals surface area contributed by atoms with Crippen molar-refractivity contribution in [2.45, 2.75) is 0 Å². The van der Waals surface area contributed by atoms with Gasteiger partial charge in [-0.3, -0.25) is 10.2 Å². The molecule has 0 radical (unpaired) electrons. The van der Waals surface area contributed by atoms with Gasteiger partial charge in [-0.15, -0.1) is 5.10 Å². The molecule has 35 heavy (non-hydrogen) atoms. The molecule has 0 saturated carbocycles. The summed E-state index contributed by atoms with van der Waals surface area (Å²) < 4.78 is 2.04. The molecule has 0 atom stereocenters. The van der Waals surface area contributed by atoms with Gasteiger partial charge in [0.15, 0.2) is 6.20 Å². The average molecular weight is 469 g/mol. The summed E-state index contributed by atoms with van der Waals surface area (Å²) in [5.41, 5.74) is 24.3. The monoisotopic (exact) mass is 468 g/mol. The molecule has 10 nitrogen and oxygen atoms in total. The van der Waals surface area contributed by atoms with E-state index in [0.29, 0.717) is 22.6 Å². The van der Waals surface area contributed by atoms with Crippen LogP contribution in [0.5, 0.6) is 0 Å². The summed E-state index contributed by atoms with van der Waals surface area (Å²) in [7, 11) is 1.99. The molecular weight excluding hydrogens is 442 g/mol. The third-order valence-electron chi connectivity index (χ3n) is 5.17. The van der Waals surface area contributed by atoms with Crippen LogP contribution in [-0.2, 0) is 7.05 Å². The number of amides is 1. The first-order valence-corrected chi connectivity index (χ1v) is 10.7. The van der Waals surface area contributed by atoms with Crippen LogP contribution in [0.4, 0.5) is 28.4 Å². The number of nitrogens with zero attached hydrogens (tertiary/aromatic N) is 3. The molecule has 0 spiro atoms. The van der Waals surface area contributed by atoms with E-state index in [1.54, 1.807) is 36.4 Å². The van der Waals surface area contributed by atoms with Crippen LogP contribution in [0.3, 0.4) is 0 Å². The van der Waals surface area contributed by atoms with Crippen molar-refractivity contribution < 1.29 is 9.36 Å². The Balaban J connectivity index is 1.41. The number of nitrogen functional groups attached to an aromatic ring is 1. The van der Waals surface area contributed by atoms with E-state index in [1.165, 1.54) is 6.34 Å². The number of hydrogen-bond acceptors (Lipinski definition) is 5. The van der Waals surface area contributed by atoms with Crippen molar-refractivity contribution in [2.24, 2.45) is 28.6 Å². The van der Waals surface area contributed by atoms with Crippen LogP contribution in [0, 0.1) is 0 Å². The number of aryl methyl sites for hydroxylation is 1. The number of aromatic nitrogens is 1. The number of fused-ring (bicyclic) bond motifs is 1. The summed E-state index contributed by atoms with van der Waals surface area (Å²) in [6.45, 7) is 0. The minimum absolute atomic E-state index is 0.0914. The highest BCUT2D eigenvalue weighted by Crippen LogP contribution is 2.26. The summed E-state index contributed by atoms with van der Waals surface area (Å²) in [5, 5.41) is 10.9. The third kappa shape index (κ3) is 5.82. The van der Waals surface area contributed by atoms with Crippen molar-refractivity contribution in [3.63, 3.8) is 0 Å². The quantitative estimate of drug-likeness (QED) is 0.0804. The summed E-state index contributed by atoms with van der Waals surface area (Å²) in [4.78, 5) is 16.8. The van der Waals surface area contributed by atoms with Crippen LogP contribution in [-0.4, -0.2) is 18.2 Å². The molecule has 1 aromatic heterocycles. The van der Waals surface area contributed by atoms with Gasteiger partial charge in [-0.05, 0) is 60.7 Å². The molecule has 4 aromatic rings. The number of guanidine groups is 1. The van der Waals surface area contributed by atoms with E-state index in [1.807, 2.05) is 54.2 Å². The zero-order valence-corrected chi connectivity index (χ0v) is 19.1. The lowest BCUT2D eigenvalue weighted by molar-refractivity contribution is -0.644. The predicted octanol–water partition coefficient (Wildman–Crippen LogP) is 2.68. The Bertz CT molecular complexity index is 1410. The second-order valence-corrected chi connectivity index (χ2v) is 7.74. The number of rotatable bonds is 7. The van der Waals surface area contributed by atoms with E-state index in [-0.39, 0.29) is 11.9 Å².